The second-order valence-electron chi connectivity index (χ2n) is 6.57. The lowest BCUT2D eigenvalue weighted by Crippen LogP contribution is -2.34. The van der Waals surface area contributed by atoms with Crippen LogP contribution in [0.2, 0.25) is 0 Å². The van der Waals surface area contributed by atoms with Gasteiger partial charge < -0.3 is 9.84 Å². The van der Waals surface area contributed by atoms with E-state index in [0.717, 1.165) is 25.7 Å². The average Bonchev–Trinajstić information content (AvgIpc) is 2.44. The monoisotopic (exact) mass is 300 g/mol. The van der Waals surface area contributed by atoms with E-state index in [1.807, 2.05) is 20.8 Å². The van der Waals surface area contributed by atoms with E-state index in [4.69, 9.17) is 9.84 Å². The Labute approximate surface area is 129 Å². The van der Waals surface area contributed by atoms with Gasteiger partial charge in [-0.3, -0.25) is 9.59 Å². The number of ether oxygens (including phenoxy) is 1. The lowest BCUT2D eigenvalue weighted by molar-refractivity contribution is -0.159. The van der Waals surface area contributed by atoms with Gasteiger partial charge in [-0.05, 0) is 38.5 Å². The van der Waals surface area contributed by atoms with E-state index < -0.39 is 11.4 Å². The number of carbonyl (C=O) groups excluding carboxylic acids is 1. The van der Waals surface area contributed by atoms with E-state index in [9.17, 15) is 9.59 Å². The Balaban J connectivity index is 4.36. The van der Waals surface area contributed by atoms with Crippen molar-refractivity contribution in [2.45, 2.75) is 73.1 Å². The number of hydrogen-bond donors (Lipinski definition) is 1. The smallest absolute Gasteiger partial charge is 0.311 e. The number of carbonyl (C=O) groups is 2. The SMILES string of the molecule is CCCCC(CC)COC(=O)C(C)(C)C(C)CCC(=O)O. The summed E-state index contributed by atoms with van der Waals surface area (Å²) in [5.74, 6) is -0.622. The highest BCUT2D eigenvalue weighted by Gasteiger charge is 2.35. The number of carboxylic acid groups (broad SMARTS) is 1. The van der Waals surface area contributed by atoms with Crippen molar-refractivity contribution in [1.82, 2.24) is 0 Å². The Morgan fingerprint density at radius 1 is 1.19 bits per heavy atom. The molecule has 4 nitrogen and oxygen atoms in total. The zero-order valence-electron chi connectivity index (χ0n) is 14.3. The minimum absolute atomic E-state index is 0.0168. The molecule has 2 atom stereocenters. The van der Waals surface area contributed by atoms with Crippen LogP contribution in [-0.2, 0) is 14.3 Å². The first-order valence-corrected chi connectivity index (χ1v) is 8.14. The van der Waals surface area contributed by atoms with Crippen molar-refractivity contribution in [3.8, 4) is 0 Å². The third-order valence-electron chi connectivity index (χ3n) is 4.54. The van der Waals surface area contributed by atoms with Crippen LogP contribution in [0.5, 0.6) is 0 Å². The first kappa shape index (κ1) is 19.9. The summed E-state index contributed by atoms with van der Waals surface area (Å²) in [6.07, 6.45) is 5.00. The van der Waals surface area contributed by atoms with Gasteiger partial charge in [-0.15, -0.1) is 0 Å². The molecule has 0 aliphatic heterocycles. The minimum Gasteiger partial charge on any atom is -0.481 e. The second-order valence-corrected chi connectivity index (χ2v) is 6.57. The maximum absolute atomic E-state index is 12.3. The molecule has 0 radical (unpaired) electrons. The van der Waals surface area contributed by atoms with Gasteiger partial charge in [-0.1, -0.05) is 40.0 Å². The fourth-order valence-corrected chi connectivity index (χ4v) is 2.18. The molecule has 124 valence electrons. The molecule has 0 saturated heterocycles. The molecular weight excluding hydrogens is 268 g/mol. The van der Waals surface area contributed by atoms with Gasteiger partial charge in [0.2, 0.25) is 0 Å². The van der Waals surface area contributed by atoms with E-state index in [1.165, 1.54) is 0 Å². The van der Waals surface area contributed by atoms with Crippen molar-refractivity contribution in [2.75, 3.05) is 6.61 Å². The molecule has 0 aliphatic carbocycles. The number of unbranched alkanes of at least 4 members (excludes halogenated alkanes) is 1. The molecule has 0 rings (SSSR count). The number of esters is 1. The van der Waals surface area contributed by atoms with Crippen molar-refractivity contribution in [3.05, 3.63) is 0 Å². The maximum Gasteiger partial charge on any atom is 0.311 e. The molecule has 0 aromatic rings. The van der Waals surface area contributed by atoms with Crippen LogP contribution in [0.25, 0.3) is 0 Å². The quantitative estimate of drug-likeness (QED) is 0.579. The van der Waals surface area contributed by atoms with Crippen LogP contribution >= 0.6 is 0 Å². The normalized spacial score (nSPS) is 14.5. The summed E-state index contributed by atoms with van der Waals surface area (Å²) in [6, 6.07) is 0. The lowest BCUT2D eigenvalue weighted by Gasteiger charge is -2.30. The van der Waals surface area contributed by atoms with Crippen LogP contribution in [0.15, 0.2) is 0 Å². The first-order valence-electron chi connectivity index (χ1n) is 8.14. The summed E-state index contributed by atoms with van der Waals surface area (Å²) >= 11 is 0. The van der Waals surface area contributed by atoms with Gasteiger partial charge in [-0.25, -0.2) is 0 Å². The Bertz CT molecular complexity index is 323. The number of carboxylic acids is 1. The predicted octanol–water partition coefficient (Wildman–Crippen LogP) is 4.27. The van der Waals surface area contributed by atoms with Gasteiger partial charge in [0.15, 0.2) is 0 Å². The molecule has 0 amide bonds. The molecular formula is C17H32O4. The molecule has 1 N–H and O–H groups in total. The van der Waals surface area contributed by atoms with Crippen molar-refractivity contribution in [3.63, 3.8) is 0 Å². The van der Waals surface area contributed by atoms with E-state index in [2.05, 4.69) is 13.8 Å². The van der Waals surface area contributed by atoms with Crippen molar-refractivity contribution in [1.29, 1.82) is 0 Å². The molecule has 0 aromatic carbocycles. The standard InChI is InChI=1S/C17H32O4/c1-6-8-9-14(7-2)12-21-16(20)17(4,5)13(3)10-11-15(18)19/h13-14H,6-12H2,1-5H3,(H,18,19). The van der Waals surface area contributed by atoms with Gasteiger partial charge in [0.05, 0.1) is 12.0 Å². The van der Waals surface area contributed by atoms with Crippen molar-refractivity contribution < 1.29 is 19.4 Å². The lowest BCUT2D eigenvalue weighted by atomic mass is 9.77. The molecule has 2 unspecified atom stereocenters. The number of hydrogen-bond acceptors (Lipinski definition) is 3. The highest BCUT2D eigenvalue weighted by Crippen LogP contribution is 2.32. The Morgan fingerprint density at radius 2 is 1.81 bits per heavy atom. The molecule has 0 spiro atoms. The van der Waals surface area contributed by atoms with Crippen LogP contribution in [-0.4, -0.2) is 23.7 Å². The van der Waals surface area contributed by atoms with E-state index in [0.29, 0.717) is 18.9 Å². The third kappa shape index (κ3) is 7.49. The summed E-state index contributed by atoms with van der Waals surface area (Å²) in [5.41, 5.74) is -0.640. The van der Waals surface area contributed by atoms with Crippen LogP contribution in [0, 0.1) is 17.3 Å². The van der Waals surface area contributed by atoms with Gasteiger partial charge in [-0.2, -0.15) is 0 Å². The molecule has 0 saturated carbocycles. The second kappa shape index (κ2) is 9.80. The Morgan fingerprint density at radius 3 is 2.29 bits per heavy atom. The van der Waals surface area contributed by atoms with Gasteiger partial charge >= 0.3 is 11.9 Å². The molecule has 21 heavy (non-hydrogen) atoms. The predicted molar refractivity (Wildman–Crippen MR) is 84.1 cm³/mol. The maximum atomic E-state index is 12.3. The summed E-state index contributed by atoms with van der Waals surface area (Å²) in [6.45, 7) is 10.4. The average molecular weight is 300 g/mol. The summed E-state index contributed by atoms with van der Waals surface area (Å²) in [5, 5.41) is 8.74. The highest BCUT2D eigenvalue weighted by atomic mass is 16.5. The highest BCUT2D eigenvalue weighted by molar-refractivity contribution is 5.76. The third-order valence-corrected chi connectivity index (χ3v) is 4.54. The number of rotatable bonds is 11. The van der Waals surface area contributed by atoms with Crippen LogP contribution in [0.1, 0.15) is 73.1 Å². The van der Waals surface area contributed by atoms with Crippen LogP contribution in [0.3, 0.4) is 0 Å². The molecule has 0 fully saturated rings. The minimum atomic E-state index is -0.823. The summed E-state index contributed by atoms with van der Waals surface area (Å²) in [4.78, 5) is 22.9. The first-order chi connectivity index (χ1) is 9.75. The van der Waals surface area contributed by atoms with Crippen molar-refractivity contribution in [2.24, 2.45) is 17.3 Å². The molecule has 4 heteroatoms. The largest absolute Gasteiger partial charge is 0.481 e. The fourth-order valence-electron chi connectivity index (χ4n) is 2.18. The Hall–Kier alpha value is -1.06. The molecule has 0 aromatic heterocycles. The summed E-state index contributed by atoms with van der Waals surface area (Å²) in [7, 11) is 0. The Kier molecular flexibility index (Phi) is 9.31. The molecule has 0 bridgehead atoms. The zero-order chi connectivity index (χ0) is 16.5. The van der Waals surface area contributed by atoms with Gasteiger partial charge in [0.1, 0.15) is 0 Å². The van der Waals surface area contributed by atoms with Gasteiger partial charge in [0.25, 0.3) is 0 Å². The van der Waals surface area contributed by atoms with Crippen LogP contribution < -0.4 is 0 Å². The topological polar surface area (TPSA) is 63.6 Å². The zero-order valence-corrected chi connectivity index (χ0v) is 14.3. The number of aliphatic carboxylic acids is 1. The van der Waals surface area contributed by atoms with E-state index in [-0.39, 0.29) is 18.3 Å². The van der Waals surface area contributed by atoms with E-state index >= 15 is 0 Å². The summed E-state index contributed by atoms with van der Waals surface area (Å²) < 4.78 is 5.50. The molecule has 0 aliphatic rings. The fraction of sp³-hybridized carbons (Fsp3) is 0.882. The van der Waals surface area contributed by atoms with Crippen molar-refractivity contribution >= 4 is 11.9 Å². The molecule has 0 heterocycles. The van der Waals surface area contributed by atoms with E-state index in [1.54, 1.807) is 0 Å². The van der Waals surface area contributed by atoms with Gasteiger partial charge in [0, 0.05) is 6.42 Å². The van der Waals surface area contributed by atoms with Crippen LogP contribution in [0.4, 0.5) is 0 Å².